The van der Waals surface area contributed by atoms with Crippen LogP contribution in [0.1, 0.15) is 23.1 Å². The van der Waals surface area contributed by atoms with E-state index in [1.165, 1.54) is 60.1 Å². The maximum Gasteiger partial charge on any atom is 0.0722 e. The summed E-state index contributed by atoms with van der Waals surface area (Å²) in [6, 6.07) is 43.9. The predicted octanol–water partition coefficient (Wildman–Crippen LogP) is 9.74. The van der Waals surface area contributed by atoms with Crippen molar-refractivity contribution in [3.63, 3.8) is 0 Å². The Morgan fingerprint density at radius 1 is 0.474 bits per heavy atom. The standard InChI is InChI=1S/C37H25N/c1-3-12-26-24(10-1)20-22-28-27(26)17-9-18-29(28)36-30-13-4-6-15-32(30)37(33-16-7-5-14-31(33)36)35-23-21-25-11-2-8-19-34(25)38-35/h1-8,10-16,18-23H,9,17H2. The number of allylic oxidation sites excluding steroid dienone is 1. The monoisotopic (exact) mass is 483 g/mol. The van der Waals surface area contributed by atoms with E-state index in [1.807, 2.05) is 0 Å². The van der Waals surface area contributed by atoms with E-state index in [-0.39, 0.29) is 0 Å². The number of hydrogen-bond donors (Lipinski definition) is 0. The van der Waals surface area contributed by atoms with Gasteiger partial charge < -0.3 is 0 Å². The Morgan fingerprint density at radius 3 is 1.79 bits per heavy atom. The summed E-state index contributed by atoms with van der Waals surface area (Å²) in [4.78, 5) is 5.14. The molecule has 1 aromatic heterocycles. The van der Waals surface area contributed by atoms with Crippen LogP contribution in [0.4, 0.5) is 0 Å². The molecule has 1 nitrogen and oxygen atoms in total. The molecule has 0 unspecified atom stereocenters. The fourth-order valence-corrected chi connectivity index (χ4v) is 6.46. The molecule has 0 N–H and O–H groups in total. The van der Waals surface area contributed by atoms with E-state index in [9.17, 15) is 0 Å². The van der Waals surface area contributed by atoms with E-state index in [0.29, 0.717) is 0 Å². The third-order valence-electron chi connectivity index (χ3n) is 8.13. The number of aryl methyl sites for hydroxylation is 1. The molecule has 1 aliphatic rings. The van der Waals surface area contributed by atoms with Gasteiger partial charge in [-0.15, -0.1) is 0 Å². The van der Waals surface area contributed by atoms with Crippen LogP contribution in [0.15, 0.2) is 127 Å². The van der Waals surface area contributed by atoms with Gasteiger partial charge in [0.25, 0.3) is 0 Å². The first-order valence-electron chi connectivity index (χ1n) is 13.4. The van der Waals surface area contributed by atoms with Gasteiger partial charge in [-0.2, -0.15) is 0 Å². The van der Waals surface area contributed by atoms with Gasteiger partial charge in [-0.05, 0) is 79.6 Å². The van der Waals surface area contributed by atoms with Crippen molar-refractivity contribution in [3.05, 3.63) is 144 Å². The van der Waals surface area contributed by atoms with E-state index >= 15 is 0 Å². The Labute approximate surface area is 221 Å². The Morgan fingerprint density at radius 2 is 1.05 bits per heavy atom. The second-order valence-electron chi connectivity index (χ2n) is 10.2. The van der Waals surface area contributed by atoms with Crippen LogP contribution in [-0.4, -0.2) is 4.98 Å². The predicted molar refractivity (Wildman–Crippen MR) is 162 cm³/mol. The average molecular weight is 484 g/mol. The number of hydrogen-bond acceptors (Lipinski definition) is 1. The van der Waals surface area contributed by atoms with Crippen molar-refractivity contribution in [1.82, 2.24) is 4.98 Å². The molecule has 0 atom stereocenters. The molecular formula is C37H25N. The molecule has 0 aliphatic heterocycles. The highest BCUT2D eigenvalue weighted by Crippen LogP contribution is 2.45. The van der Waals surface area contributed by atoms with Gasteiger partial charge in [0, 0.05) is 10.9 Å². The van der Waals surface area contributed by atoms with Gasteiger partial charge in [0.15, 0.2) is 0 Å². The molecule has 0 amide bonds. The summed E-state index contributed by atoms with van der Waals surface area (Å²) in [5.41, 5.74) is 8.76. The van der Waals surface area contributed by atoms with Crippen LogP contribution in [0.25, 0.3) is 60.1 Å². The highest BCUT2D eigenvalue weighted by molar-refractivity contribution is 6.20. The molecular weight excluding hydrogens is 458 g/mol. The zero-order chi connectivity index (χ0) is 25.1. The van der Waals surface area contributed by atoms with Crippen LogP contribution in [0.2, 0.25) is 0 Å². The lowest BCUT2D eigenvalue weighted by Crippen LogP contribution is -2.04. The molecule has 0 fully saturated rings. The van der Waals surface area contributed by atoms with Crippen molar-refractivity contribution in [1.29, 1.82) is 0 Å². The molecule has 1 heteroatoms. The van der Waals surface area contributed by atoms with Crippen molar-refractivity contribution < 1.29 is 0 Å². The second-order valence-corrected chi connectivity index (χ2v) is 10.2. The molecule has 1 aliphatic carbocycles. The van der Waals surface area contributed by atoms with Crippen LogP contribution in [0.3, 0.4) is 0 Å². The van der Waals surface area contributed by atoms with Crippen LogP contribution in [0.5, 0.6) is 0 Å². The fourth-order valence-electron chi connectivity index (χ4n) is 6.46. The SMILES string of the molecule is C1=C(c2c3ccccc3c(-c3ccc4ccccc4n3)c3ccccc23)c2ccc3ccccc3c2CC1. The lowest BCUT2D eigenvalue weighted by molar-refractivity contribution is 0.990. The van der Waals surface area contributed by atoms with E-state index in [4.69, 9.17) is 4.98 Å². The molecule has 0 saturated heterocycles. The summed E-state index contributed by atoms with van der Waals surface area (Å²) in [6.07, 6.45) is 4.58. The number of rotatable bonds is 2. The highest BCUT2D eigenvalue weighted by Gasteiger charge is 2.23. The number of benzene rings is 6. The van der Waals surface area contributed by atoms with Crippen LogP contribution >= 0.6 is 0 Å². The molecule has 0 saturated carbocycles. The maximum absolute atomic E-state index is 5.14. The number of pyridine rings is 1. The van der Waals surface area contributed by atoms with Gasteiger partial charge in [-0.3, -0.25) is 0 Å². The first-order valence-corrected chi connectivity index (χ1v) is 13.4. The topological polar surface area (TPSA) is 12.9 Å². The minimum absolute atomic E-state index is 1.02. The molecule has 178 valence electrons. The molecule has 0 spiro atoms. The minimum Gasteiger partial charge on any atom is -0.248 e. The minimum atomic E-state index is 1.02. The molecule has 8 rings (SSSR count). The average Bonchev–Trinajstić information content (AvgIpc) is 2.99. The van der Waals surface area contributed by atoms with E-state index < -0.39 is 0 Å². The van der Waals surface area contributed by atoms with Crippen LogP contribution in [-0.2, 0) is 6.42 Å². The molecule has 38 heavy (non-hydrogen) atoms. The molecule has 0 radical (unpaired) electrons. The van der Waals surface area contributed by atoms with E-state index in [0.717, 1.165) is 29.4 Å². The van der Waals surface area contributed by atoms with Gasteiger partial charge >= 0.3 is 0 Å². The largest absolute Gasteiger partial charge is 0.248 e. The number of fused-ring (bicyclic) bond motifs is 6. The first kappa shape index (κ1) is 21.3. The third kappa shape index (κ3) is 3.15. The van der Waals surface area contributed by atoms with Gasteiger partial charge in [0.05, 0.1) is 11.2 Å². The summed E-state index contributed by atoms with van der Waals surface area (Å²) >= 11 is 0. The summed E-state index contributed by atoms with van der Waals surface area (Å²) in [5.74, 6) is 0. The molecule has 6 aromatic carbocycles. The Bertz CT molecular complexity index is 2020. The Balaban J connectivity index is 1.47. The van der Waals surface area contributed by atoms with Crippen molar-refractivity contribution in [2.24, 2.45) is 0 Å². The third-order valence-corrected chi connectivity index (χ3v) is 8.13. The lowest BCUT2D eigenvalue weighted by Gasteiger charge is -2.24. The van der Waals surface area contributed by atoms with E-state index in [2.05, 4.69) is 127 Å². The van der Waals surface area contributed by atoms with Crippen LogP contribution < -0.4 is 0 Å². The van der Waals surface area contributed by atoms with Crippen molar-refractivity contribution in [2.45, 2.75) is 12.8 Å². The number of nitrogens with zero attached hydrogens (tertiary/aromatic N) is 1. The zero-order valence-corrected chi connectivity index (χ0v) is 21.0. The van der Waals surface area contributed by atoms with Crippen molar-refractivity contribution in [3.8, 4) is 11.3 Å². The first-order chi connectivity index (χ1) is 18.9. The second kappa shape index (κ2) is 8.39. The lowest BCUT2D eigenvalue weighted by atomic mass is 9.80. The number of aromatic nitrogens is 1. The molecule has 0 bridgehead atoms. The quantitative estimate of drug-likeness (QED) is 0.223. The van der Waals surface area contributed by atoms with Gasteiger partial charge in [0.2, 0.25) is 0 Å². The molecule has 1 heterocycles. The fraction of sp³-hybridized carbons (Fsp3) is 0.0541. The summed E-state index contributed by atoms with van der Waals surface area (Å²) < 4.78 is 0. The Hall–Kier alpha value is -4.75. The normalized spacial score (nSPS) is 13.2. The van der Waals surface area contributed by atoms with Crippen LogP contribution in [0, 0.1) is 0 Å². The Kier molecular flexibility index (Phi) is 4.72. The van der Waals surface area contributed by atoms with Gasteiger partial charge in [0.1, 0.15) is 0 Å². The molecule has 7 aromatic rings. The summed E-state index contributed by atoms with van der Waals surface area (Å²) in [6.45, 7) is 0. The number of para-hydroxylation sites is 1. The van der Waals surface area contributed by atoms with Gasteiger partial charge in [-0.1, -0.05) is 115 Å². The summed E-state index contributed by atoms with van der Waals surface area (Å²) in [5, 5.41) is 8.92. The smallest absolute Gasteiger partial charge is 0.0722 e. The van der Waals surface area contributed by atoms with Crippen molar-refractivity contribution in [2.75, 3.05) is 0 Å². The highest BCUT2D eigenvalue weighted by atomic mass is 14.7. The van der Waals surface area contributed by atoms with E-state index in [1.54, 1.807) is 0 Å². The summed E-state index contributed by atoms with van der Waals surface area (Å²) in [7, 11) is 0. The maximum atomic E-state index is 5.14. The van der Waals surface area contributed by atoms with Crippen molar-refractivity contribution >= 4 is 48.8 Å². The van der Waals surface area contributed by atoms with Gasteiger partial charge in [-0.25, -0.2) is 4.98 Å². The zero-order valence-electron chi connectivity index (χ0n) is 21.0.